The van der Waals surface area contributed by atoms with Gasteiger partial charge in [-0.15, -0.1) is 11.3 Å². The van der Waals surface area contributed by atoms with E-state index in [0.717, 1.165) is 48.5 Å². The average molecular weight is 278 g/mol. The molecule has 102 valence electrons. The Labute approximate surface area is 116 Å². The molecule has 2 aromatic heterocycles. The lowest BCUT2D eigenvalue weighted by Gasteiger charge is -2.14. The number of aliphatic hydroxyl groups is 1. The van der Waals surface area contributed by atoms with Crippen molar-refractivity contribution in [1.82, 2.24) is 14.9 Å². The summed E-state index contributed by atoms with van der Waals surface area (Å²) in [5.74, 6) is 1.98. The Hall–Kier alpha value is -1.24. The number of anilines is 1. The van der Waals surface area contributed by atoms with Crippen molar-refractivity contribution in [3.8, 4) is 0 Å². The molecule has 5 nitrogen and oxygen atoms in total. The van der Waals surface area contributed by atoms with E-state index in [1.165, 1.54) is 0 Å². The summed E-state index contributed by atoms with van der Waals surface area (Å²) in [7, 11) is 0. The fourth-order valence-electron chi connectivity index (χ4n) is 2.67. The zero-order chi connectivity index (χ0) is 13.2. The SMILES string of the molecule is Nc1nc(CN2CCC(CCO)C2)nc2sccc12. The van der Waals surface area contributed by atoms with Crippen molar-refractivity contribution in [2.75, 3.05) is 25.4 Å². The van der Waals surface area contributed by atoms with Gasteiger partial charge in [-0.2, -0.15) is 0 Å². The monoisotopic (exact) mass is 278 g/mol. The molecule has 0 bridgehead atoms. The number of nitrogens with two attached hydrogens (primary N) is 1. The highest BCUT2D eigenvalue weighted by Crippen LogP contribution is 2.25. The van der Waals surface area contributed by atoms with Gasteiger partial charge < -0.3 is 10.8 Å². The van der Waals surface area contributed by atoms with E-state index in [-0.39, 0.29) is 6.61 Å². The minimum absolute atomic E-state index is 0.281. The fraction of sp³-hybridized carbons (Fsp3) is 0.538. The number of hydrogen-bond donors (Lipinski definition) is 2. The molecule has 1 unspecified atom stereocenters. The van der Waals surface area contributed by atoms with Crippen molar-refractivity contribution in [1.29, 1.82) is 0 Å². The Kier molecular flexibility index (Phi) is 3.63. The number of thiophene rings is 1. The third kappa shape index (κ3) is 2.70. The van der Waals surface area contributed by atoms with Gasteiger partial charge in [0.05, 0.1) is 11.9 Å². The topological polar surface area (TPSA) is 75.3 Å². The number of aliphatic hydroxyl groups excluding tert-OH is 1. The molecule has 0 aliphatic carbocycles. The summed E-state index contributed by atoms with van der Waals surface area (Å²) in [6.07, 6.45) is 2.04. The highest BCUT2D eigenvalue weighted by molar-refractivity contribution is 7.16. The smallest absolute Gasteiger partial charge is 0.146 e. The number of nitrogen functional groups attached to an aromatic ring is 1. The number of likely N-dealkylation sites (tertiary alicyclic amines) is 1. The van der Waals surface area contributed by atoms with Gasteiger partial charge in [0.1, 0.15) is 16.5 Å². The summed E-state index contributed by atoms with van der Waals surface area (Å²) in [5.41, 5.74) is 5.95. The van der Waals surface area contributed by atoms with E-state index in [9.17, 15) is 0 Å². The summed E-state index contributed by atoms with van der Waals surface area (Å²) in [4.78, 5) is 12.3. The predicted molar refractivity (Wildman–Crippen MR) is 76.9 cm³/mol. The van der Waals surface area contributed by atoms with Crippen LogP contribution in [0.15, 0.2) is 11.4 Å². The van der Waals surface area contributed by atoms with Gasteiger partial charge in [0.15, 0.2) is 0 Å². The molecular weight excluding hydrogens is 260 g/mol. The molecule has 3 heterocycles. The van der Waals surface area contributed by atoms with Gasteiger partial charge in [-0.3, -0.25) is 4.90 Å². The van der Waals surface area contributed by atoms with Gasteiger partial charge in [0, 0.05) is 13.2 Å². The molecule has 3 N–H and O–H groups in total. The largest absolute Gasteiger partial charge is 0.396 e. The number of rotatable bonds is 4. The van der Waals surface area contributed by atoms with Crippen LogP contribution in [-0.2, 0) is 6.54 Å². The van der Waals surface area contributed by atoms with Gasteiger partial charge in [-0.25, -0.2) is 9.97 Å². The van der Waals surface area contributed by atoms with Crippen molar-refractivity contribution in [2.24, 2.45) is 5.92 Å². The Bertz CT molecular complexity index is 571. The van der Waals surface area contributed by atoms with Crippen molar-refractivity contribution < 1.29 is 5.11 Å². The number of fused-ring (bicyclic) bond motifs is 1. The Balaban J connectivity index is 1.71. The van der Waals surface area contributed by atoms with Crippen LogP contribution in [0, 0.1) is 5.92 Å². The lowest BCUT2D eigenvalue weighted by Crippen LogP contribution is -2.22. The van der Waals surface area contributed by atoms with E-state index in [1.807, 2.05) is 11.4 Å². The lowest BCUT2D eigenvalue weighted by atomic mass is 10.1. The van der Waals surface area contributed by atoms with Gasteiger partial charge in [0.25, 0.3) is 0 Å². The van der Waals surface area contributed by atoms with Crippen molar-refractivity contribution in [3.63, 3.8) is 0 Å². The molecule has 1 atom stereocenters. The van der Waals surface area contributed by atoms with Crippen LogP contribution in [0.3, 0.4) is 0 Å². The second kappa shape index (κ2) is 5.40. The normalized spacial score (nSPS) is 20.4. The van der Waals surface area contributed by atoms with E-state index in [4.69, 9.17) is 10.8 Å². The summed E-state index contributed by atoms with van der Waals surface area (Å²) in [5, 5.41) is 11.9. The molecule has 6 heteroatoms. The zero-order valence-corrected chi connectivity index (χ0v) is 11.6. The molecule has 0 saturated carbocycles. The third-order valence-electron chi connectivity index (χ3n) is 3.67. The maximum Gasteiger partial charge on any atom is 0.146 e. The Morgan fingerprint density at radius 3 is 3.21 bits per heavy atom. The van der Waals surface area contributed by atoms with E-state index in [0.29, 0.717) is 11.7 Å². The second-order valence-corrected chi connectivity index (χ2v) is 5.96. The number of hydrogen-bond acceptors (Lipinski definition) is 6. The van der Waals surface area contributed by atoms with Crippen LogP contribution in [-0.4, -0.2) is 39.7 Å². The fourth-order valence-corrected chi connectivity index (χ4v) is 3.46. The highest BCUT2D eigenvalue weighted by atomic mass is 32.1. The van der Waals surface area contributed by atoms with Crippen LogP contribution in [0.25, 0.3) is 10.2 Å². The maximum atomic E-state index is 8.98. The third-order valence-corrected chi connectivity index (χ3v) is 4.48. The second-order valence-electron chi connectivity index (χ2n) is 5.07. The van der Waals surface area contributed by atoms with Crippen LogP contribution in [0.1, 0.15) is 18.7 Å². The first kappa shape index (κ1) is 12.8. The molecule has 3 rings (SSSR count). The van der Waals surface area contributed by atoms with Crippen LogP contribution >= 0.6 is 11.3 Å². The summed E-state index contributed by atoms with van der Waals surface area (Å²) >= 11 is 1.60. The van der Waals surface area contributed by atoms with E-state index in [1.54, 1.807) is 11.3 Å². The van der Waals surface area contributed by atoms with E-state index in [2.05, 4.69) is 14.9 Å². The Morgan fingerprint density at radius 1 is 1.47 bits per heavy atom. The predicted octanol–water partition coefficient (Wildman–Crippen LogP) is 1.48. The quantitative estimate of drug-likeness (QED) is 0.886. The van der Waals surface area contributed by atoms with Gasteiger partial charge in [-0.05, 0) is 36.8 Å². The minimum Gasteiger partial charge on any atom is -0.396 e. The van der Waals surface area contributed by atoms with Crippen LogP contribution < -0.4 is 5.73 Å². The molecule has 0 amide bonds. The maximum absolute atomic E-state index is 8.98. The van der Waals surface area contributed by atoms with Crippen LogP contribution in [0.5, 0.6) is 0 Å². The molecule has 1 aliphatic heterocycles. The van der Waals surface area contributed by atoms with Crippen LogP contribution in [0.2, 0.25) is 0 Å². The average Bonchev–Trinajstić information content (AvgIpc) is 2.99. The molecule has 1 fully saturated rings. The first-order chi connectivity index (χ1) is 9.26. The highest BCUT2D eigenvalue weighted by Gasteiger charge is 2.22. The molecule has 0 radical (unpaired) electrons. The number of nitrogens with zero attached hydrogens (tertiary/aromatic N) is 3. The molecule has 0 aromatic carbocycles. The summed E-state index contributed by atoms with van der Waals surface area (Å²) in [6.45, 7) is 3.10. The van der Waals surface area contributed by atoms with E-state index < -0.39 is 0 Å². The van der Waals surface area contributed by atoms with Crippen molar-refractivity contribution >= 4 is 27.4 Å². The first-order valence-electron chi connectivity index (χ1n) is 6.59. The summed E-state index contributed by atoms with van der Waals surface area (Å²) in [6, 6.07) is 1.96. The molecule has 19 heavy (non-hydrogen) atoms. The molecule has 0 spiro atoms. The standard InChI is InChI=1S/C13H18N4OS/c14-12-10-3-6-19-13(10)16-11(15-12)8-17-4-1-9(7-17)2-5-18/h3,6,9,18H,1-2,4-5,7-8H2,(H2,14,15,16). The van der Waals surface area contributed by atoms with Crippen molar-refractivity contribution in [2.45, 2.75) is 19.4 Å². The van der Waals surface area contributed by atoms with Crippen molar-refractivity contribution in [3.05, 3.63) is 17.3 Å². The number of aromatic nitrogens is 2. The van der Waals surface area contributed by atoms with Crippen LogP contribution in [0.4, 0.5) is 5.82 Å². The molecule has 2 aromatic rings. The van der Waals surface area contributed by atoms with Gasteiger partial charge >= 0.3 is 0 Å². The molecule has 1 aliphatic rings. The van der Waals surface area contributed by atoms with Gasteiger partial charge in [-0.1, -0.05) is 0 Å². The lowest BCUT2D eigenvalue weighted by molar-refractivity contribution is 0.248. The molecule has 1 saturated heterocycles. The summed E-state index contributed by atoms with van der Waals surface area (Å²) < 4.78 is 0. The first-order valence-corrected chi connectivity index (χ1v) is 7.47. The zero-order valence-electron chi connectivity index (χ0n) is 10.7. The minimum atomic E-state index is 0.281. The van der Waals surface area contributed by atoms with E-state index >= 15 is 0 Å². The Morgan fingerprint density at radius 2 is 2.37 bits per heavy atom. The van der Waals surface area contributed by atoms with Gasteiger partial charge in [0.2, 0.25) is 0 Å². The molecular formula is C13H18N4OS.